The molecule has 2 aliphatic heterocycles. The molecule has 1 saturated heterocycles. The largest absolute Gasteiger partial charge is 0.497 e. The normalized spacial score (nSPS) is 20.2. The van der Waals surface area contributed by atoms with Gasteiger partial charge in [-0.15, -0.1) is 4.47 Å². The molecule has 1 fully saturated rings. The molecular weight excluding hydrogens is 452 g/mol. The second-order valence-corrected chi connectivity index (χ2v) is 9.03. The molecule has 1 unspecified atom stereocenters. The Kier molecular flexibility index (Phi) is 6.54. The molecule has 1 aromatic carbocycles. The van der Waals surface area contributed by atoms with E-state index in [9.17, 15) is 18.0 Å². The first kappa shape index (κ1) is 22.0. The number of anilines is 1. The monoisotopic (exact) mass is 470 g/mol. The molecule has 0 bridgehead atoms. The molecule has 0 spiro atoms. The maximum Gasteiger partial charge on any atom is 0.459 e. The van der Waals surface area contributed by atoms with Gasteiger partial charge in [0.25, 0.3) is 0 Å². The predicted molar refractivity (Wildman–Crippen MR) is 108 cm³/mol. The van der Waals surface area contributed by atoms with E-state index in [0.717, 1.165) is 10.7 Å². The summed E-state index contributed by atoms with van der Waals surface area (Å²) >= 11 is 12.1. The molecule has 0 aromatic heterocycles. The molecule has 12 heteroatoms. The van der Waals surface area contributed by atoms with Crippen molar-refractivity contribution in [2.45, 2.75) is 12.4 Å². The smallest absolute Gasteiger partial charge is 0.459 e. The number of piperazine rings is 1. The Hall–Kier alpha value is -1.65. The van der Waals surface area contributed by atoms with Gasteiger partial charge in [-0.2, -0.15) is 13.2 Å². The Bertz CT molecular complexity index is 871. The fourth-order valence-corrected chi connectivity index (χ4v) is 4.84. The van der Waals surface area contributed by atoms with Gasteiger partial charge in [-0.1, -0.05) is 23.2 Å². The number of methoxy groups -OCH3 is 1. The summed E-state index contributed by atoms with van der Waals surface area (Å²) in [7, 11) is -0.848. The van der Waals surface area contributed by atoms with Gasteiger partial charge in [0.2, 0.25) is 5.91 Å². The van der Waals surface area contributed by atoms with Crippen LogP contribution in [0.25, 0.3) is 0 Å². The van der Waals surface area contributed by atoms with Gasteiger partial charge in [-0.25, -0.2) is 0 Å². The van der Waals surface area contributed by atoms with Gasteiger partial charge in [0.15, 0.2) is 0 Å². The molecule has 29 heavy (non-hydrogen) atoms. The molecule has 1 amide bonds. The molecule has 3 rings (SSSR count). The second-order valence-electron chi connectivity index (χ2n) is 6.41. The van der Waals surface area contributed by atoms with E-state index in [-0.39, 0.29) is 22.5 Å². The highest BCUT2D eigenvalue weighted by atomic mass is 35.5. The standard InChI is InChI=1S/C17H19Cl2F3N4O2S/c1-11-16(19)29(17(20,21)22)23-26(11)10-15(27)25-7-5-24(6-8-25)14-9-12(28-2)3-4-13(14)18/h3-4,9H,5-8,10H2,1-2H3. The Labute approximate surface area is 178 Å². The van der Waals surface area contributed by atoms with E-state index in [1.54, 1.807) is 24.1 Å². The number of halogens is 5. The molecule has 2 heterocycles. The van der Waals surface area contributed by atoms with Crippen LogP contribution in [0.15, 0.2) is 32.7 Å². The van der Waals surface area contributed by atoms with E-state index in [2.05, 4.69) is 4.47 Å². The molecule has 0 aliphatic carbocycles. The van der Waals surface area contributed by atoms with E-state index >= 15 is 0 Å². The number of alkyl halides is 3. The highest BCUT2D eigenvalue weighted by Crippen LogP contribution is 2.37. The van der Waals surface area contributed by atoms with Crippen molar-refractivity contribution in [1.82, 2.24) is 9.91 Å². The van der Waals surface area contributed by atoms with Gasteiger partial charge in [-0.05, 0) is 19.1 Å². The van der Waals surface area contributed by atoms with Crippen LogP contribution < -0.4 is 9.64 Å². The predicted octanol–water partition coefficient (Wildman–Crippen LogP) is 3.98. The molecule has 0 radical (unpaired) electrons. The first-order chi connectivity index (χ1) is 13.6. The van der Waals surface area contributed by atoms with Crippen molar-refractivity contribution in [2.24, 2.45) is 4.47 Å². The van der Waals surface area contributed by atoms with Gasteiger partial charge in [-0.3, -0.25) is 9.80 Å². The van der Waals surface area contributed by atoms with Crippen LogP contribution in [0.1, 0.15) is 6.92 Å². The van der Waals surface area contributed by atoms with E-state index in [4.69, 9.17) is 27.9 Å². The molecule has 160 valence electrons. The Morgan fingerprint density at radius 1 is 1.24 bits per heavy atom. The SMILES string of the molecule is COc1ccc(Cl)c(N2CCN(C(=O)CN3N=S(C(F)(F)F)C(Cl)=C3C)CC2)c1. The molecule has 0 N–H and O–H groups in total. The number of hydrogen-bond acceptors (Lipinski definition) is 5. The van der Waals surface area contributed by atoms with Gasteiger partial charge in [0.1, 0.15) is 16.7 Å². The number of amides is 1. The highest BCUT2D eigenvalue weighted by Gasteiger charge is 2.42. The van der Waals surface area contributed by atoms with Crippen molar-refractivity contribution in [3.8, 4) is 5.75 Å². The number of hydrogen-bond donors (Lipinski definition) is 0. The second kappa shape index (κ2) is 8.61. The van der Waals surface area contributed by atoms with Gasteiger partial charge < -0.3 is 14.5 Å². The Balaban J connectivity index is 1.62. The summed E-state index contributed by atoms with van der Waals surface area (Å²) in [5.41, 5.74) is -3.59. The fourth-order valence-electron chi connectivity index (χ4n) is 3.02. The zero-order valence-corrected chi connectivity index (χ0v) is 18.0. The number of rotatable bonds is 4. The zero-order chi connectivity index (χ0) is 21.3. The van der Waals surface area contributed by atoms with Gasteiger partial charge >= 0.3 is 5.51 Å². The van der Waals surface area contributed by atoms with Gasteiger partial charge in [0.05, 0.1) is 34.2 Å². The van der Waals surface area contributed by atoms with E-state index in [1.165, 1.54) is 6.92 Å². The fraction of sp³-hybridized carbons (Fsp3) is 0.471. The van der Waals surface area contributed by atoms with Crippen LogP contribution in [-0.2, 0) is 15.5 Å². The summed E-state index contributed by atoms with van der Waals surface area (Å²) in [6.45, 7) is 3.07. The average molecular weight is 471 g/mol. The maximum absolute atomic E-state index is 13.0. The zero-order valence-electron chi connectivity index (χ0n) is 15.7. The summed E-state index contributed by atoms with van der Waals surface area (Å²) in [6, 6.07) is 5.34. The van der Waals surface area contributed by atoms with Crippen molar-refractivity contribution < 1.29 is 22.7 Å². The lowest BCUT2D eigenvalue weighted by molar-refractivity contribution is -0.132. The maximum atomic E-state index is 13.0. The van der Waals surface area contributed by atoms with Crippen LogP contribution in [-0.4, -0.2) is 61.2 Å². The van der Waals surface area contributed by atoms with Crippen molar-refractivity contribution >= 4 is 45.5 Å². The Morgan fingerprint density at radius 2 is 1.90 bits per heavy atom. The van der Waals surface area contributed by atoms with Gasteiger partial charge in [0, 0.05) is 32.2 Å². The summed E-state index contributed by atoms with van der Waals surface area (Å²) in [5, 5.41) is 1.63. The van der Waals surface area contributed by atoms with Crippen molar-refractivity contribution in [2.75, 3.05) is 44.7 Å². The van der Waals surface area contributed by atoms with E-state index in [0.29, 0.717) is 37.0 Å². The lowest BCUT2D eigenvalue weighted by Gasteiger charge is -2.37. The lowest BCUT2D eigenvalue weighted by Crippen LogP contribution is -2.50. The highest BCUT2D eigenvalue weighted by molar-refractivity contribution is 7.93. The topological polar surface area (TPSA) is 48.4 Å². The number of carbonyl (C=O) groups excluding carboxylic acids is 1. The van der Waals surface area contributed by atoms with Crippen LogP contribution in [0, 0.1) is 0 Å². The third kappa shape index (κ3) is 4.75. The quantitative estimate of drug-likeness (QED) is 0.667. The summed E-state index contributed by atoms with van der Waals surface area (Å²) < 4.78 is 47.4. The minimum absolute atomic E-state index is 0.155. The third-order valence-corrected chi connectivity index (χ3v) is 7.12. The number of carbonyl (C=O) groups is 1. The van der Waals surface area contributed by atoms with E-state index in [1.807, 2.05) is 11.0 Å². The van der Waals surface area contributed by atoms with Crippen LogP contribution in [0.3, 0.4) is 0 Å². The van der Waals surface area contributed by atoms with Crippen molar-refractivity contribution in [3.05, 3.63) is 33.3 Å². The van der Waals surface area contributed by atoms with Crippen molar-refractivity contribution in [1.29, 1.82) is 0 Å². The third-order valence-electron chi connectivity index (χ3n) is 4.65. The first-order valence-corrected chi connectivity index (χ1v) is 10.6. The molecule has 1 aromatic rings. The summed E-state index contributed by atoms with van der Waals surface area (Å²) in [5.74, 6) is 0.374. The van der Waals surface area contributed by atoms with Crippen LogP contribution in [0.5, 0.6) is 5.75 Å². The van der Waals surface area contributed by atoms with Crippen molar-refractivity contribution in [3.63, 3.8) is 0 Å². The molecule has 1 atom stereocenters. The lowest BCUT2D eigenvalue weighted by atomic mass is 10.2. The van der Waals surface area contributed by atoms with Crippen LogP contribution in [0.2, 0.25) is 5.02 Å². The van der Waals surface area contributed by atoms with Crippen LogP contribution >= 0.6 is 23.2 Å². The summed E-state index contributed by atoms with van der Waals surface area (Å²) in [6.07, 6.45) is 0. The number of allylic oxidation sites excluding steroid dienone is 1. The first-order valence-electron chi connectivity index (χ1n) is 8.65. The Morgan fingerprint density at radius 3 is 2.45 bits per heavy atom. The summed E-state index contributed by atoms with van der Waals surface area (Å²) in [4.78, 5) is 16.2. The number of benzene rings is 1. The minimum Gasteiger partial charge on any atom is -0.497 e. The molecule has 2 aliphatic rings. The molecule has 6 nitrogen and oxygen atoms in total. The average Bonchev–Trinajstić information content (AvgIpc) is 2.97. The molecular formula is C17H19Cl2F3N4O2S. The van der Waals surface area contributed by atoms with Crippen LogP contribution in [0.4, 0.5) is 18.9 Å². The number of ether oxygens (including phenoxy) is 1. The molecule has 0 saturated carbocycles. The minimum atomic E-state index is -4.56. The van der Waals surface area contributed by atoms with E-state index < -0.39 is 16.2 Å². The number of nitrogens with zero attached hydrogens (tertiary/aromatic N) is 4.